The molecule has 0 aromatic carbocycles. The Balaban J connectivity index is 1.78. The van der Waals surface area contributed by atoms with Crippen LogP contribution in [-0.4, -0.2) is 53.2 Å². The van der Waals surface area contributed by atoms with Gasteiger partial charge in [-0.1, -0.05) is 11.6 Å². The first kappa shape index (κ1) is 15.8. The summed E-state index contributed by atoms with van der Waals surface area (Å²) in [4.78, 5) is 29.4. The van der Waals surface area contributed by atoms with Gasteiger partial charge in [-0.25, -0.2) is 19.5 Å². The third kappa shape index (κ3) is 3.13. The van der Waals surface area contributed by atoms with Crippen molar-refractivity contribution >= 4 is 30.6 Å². The molecule has 1 saturated heterocycles. The maximum Gasteiger partial charge on any atom is 0.469 e. The number of ether oxygens (including phenoxy) is 1. The third-order valence-corrected chi connectivity index (χ3v) is 4.00. The number of aliphatic hydroxyl groups is 1. The minimum Gasteiger partial charge on any atom is -0.390 e. The molecule has 2 aromatic rings. The predicted molar refractivity (Wildman–Crippen MR) is 72.9 cm³/mol. The molecule has 1 aliphatic rings. The number of imidazole rings is 1. The first-order chi connectivity index (χ1) is 10.3. The van der Waals surface area contributed by atoms with Crippen molar-refractivity contribution in [2.45, 2.75) is 24.9 Å². The van der Waals surface area contributed by atoms with Crippen LogP contribution in [0, 0.1) is 0 Å². The first-order valence-corrected chi connectivity index (χ1v) is 8.12. The summed E-state index contributed by atoms with van der Waals surface area (Å²) in [6.07, 6.45) is 0.523. The summed E-state index contributed by atoms with van der Waals surface area (Å²) in [6, 6.07) is 0. The minimum atomic E-state index is -4.62. The molecule has 3 rings (SSSR count). The number of aliphatic hydroxyl groups excluding tert-OH is 1. The highest BCUT2D eigenvalue weighted by molar-refractivity contribution is 7.46. The Bertz CT molecular complexity index is 735. The zero-order chi connectivity index (χ0) is 15.9. The average Bonchev–Trinajstić information content (AvgIpc) is 3.00. The molecule has 3 atom stereocenters. The van der Waals surface area contributed by atoms with Crippen LogP contribution in [-0.2, 0) is 13.8 Å². The van der Waals surface area contributed by atoms with E-state index in [1.807, 2.05) is 0 Å². The minimum absolute atomic E-state index is 0.197. The van der Waals surface area contributed by atoms with Crippen LogP contribution in [0.3, 0.4) is 0 Å². The smallest absolute Gasteiger partial charge is 0.390 e. The molecule has 120 valence electrons. The summed E-state index contributed by atoms with van der Waals surface area (Å²) in [6.45, 7) is -0.426. The van der Waals surface area contributed by atoms with Crippen LogP contribution in [0.15, 0.2) is 12.7 Å². The molecule has 3 heterocycles. The molecule has 0 unspecified atom stereocenters. The molecule has 0 saturated carbocycles. The molecule has 0 spiro atoms. The van der Waals surface area contributed by atoms with Gasteiger partial charge in [0, 0.05) is 6.42 Å². The SMILES string of the molecule is O=P(O)(O)OC[C@H]1O[C@@H](n2cnc3c(Cl)ncnc32)C[C@@H]1O. The van der Waals surface area contributed by atoms with Gasteiger partial charge in [0.15, 0.2) is 10.8 Å². The molecular weight excluding hydrogens is 339 g/mol. The van der Waals surface area contributed by atoms with Crippen LogP contribution in [0.5, 0.6) is 0 Å². The Morgan fingerprint density at radius 3 is 2.95 bits per heavy atom. The van der Waals surface area contributed by atoms with E-state index < -0.39 is 32.9 Å². The number of nitrogens with zero attached hydrogens (tertiary/aromatic N) is 4. The van der Waals surface area contributed by atoms with Gasteiger partial charge in [-0.05, 0) is 0 Å². The molecule has 3 N–H and O–H groups in total. The number of aromatic nitrogens is 4. The Morgan fingerprint density at radius 2 is 2.23 bits per heavy atom. The molecule has 22 heavy (non-hydrogen) atoms. The monoisotopic (exact) mass is 350 g/mol. The van der Waals surface area contributed by atoms with Crippen LogP contribution in [0.1, 0.15) is 12.6 Å². The van der Waals surface area contributed by atoms with Crippen molar-refractivity contribution in [3.8, 4) is 0 Å². The molecule has 1 aliphatic heterocycles. The van der Waals surface area contributed by atoms with Gasteiger partial charge in [-0.2, -0.15) is 0 Å². The number of phosphoric ester groups is 1. The van der Waals surface area contributed by atoms with Crippen molar-refractivity contribution in [3.05, 3.63) is 17.8 Å². The molecule has 1 fully saturated rings. The lowest BCUT2D eigenvalue weighted by Crippen LogP contribution is -2.25. The molecule has 2 aromatic heterocycles. The van der Waals surface area contributed by atoms with E-state index in [-0.39, 0.29) is 11.6 Å². The van der Waals surface area contributed by atoms with E-state index in [4.69, 9.17) is 26.1 Å². The van der Waals surface area contributed by atoms with E-state index in [0.717, 1.165) is 0 Å². The van der Waals surface area contributed by atoms with Gasteiger partial charge >= 0.3 is 7.82 Å². The van der Waals surface area contributed by atoms with Crippen LogP contribution in [0.25, 0.3) is 11.2 Å². The lowest BCUT2D eigenvalue weighted by molar-refractivity contribution is -0.0424. The number of halogens is 1. The van der Waals surface area contributed by atoms with E-state index in [2.05, 4.69) is 19.5 Å². The summed E-state index contributed by atoms with van der Waals surface area (Å²) in [5.74, 6) is 0. The quantitative estimate of drug-likeness (QED) is 0.522. The lowest BCUT2D eigenvalue weighted by atomic mass is 10.2. The molecule has 0 amide bonds. The largest absolute Gasteiger partial charge is 0.469 e. The maximum absolute atomic E-state index is 10.7. The van der Waals surface area contributed by atoms with Crippen LogP contribution in [0.4, 0.5) is 0 Å². The molecular formula is C10H12ClN4O6P. The Hall–Kier alpha value is -1.13. The van der Waals surface area contributed by atoms with Gasteiger partial charge in [0.2, 0.25) is 0 Å². The highest BCUT2D eigenvalue weighted by Gasteiger charge is 2.37. The second-order valence-corrected chi connectivity index (χ2v) is 6.30. The molecule has 0 bridgehead atoms. The second-order valence-electron chi connectivity index (χ2n) is 4.71. The van der Waals surface area contributed by atoms with Crippen molar-refractivity contribution in [1.29, 1.82) is 0 Å². The summed E-state index contributed by atoms with van der Waals surface area (Å²) in [5, 5.41) is 10.1. The topological polar surface area (TPSA) is 140 Å². The van der Waals surface area contributed by atoms with Crippen LogP contribution in [0.2, 0.25) is 5.15 Å². The van der Waals surface area contributed by atoms with Gasteiger partial charge in [-0.15, -0.1) is 0 Å². The molecule has 12 heteroatoms. The van der Waals surface area contributed by atoms with Gasteiger partial charge < -0.3 is 19.6 Å². The average molecular weight is 351 g/mol. The highest BCUT2D eigenvalue weighted by Crippen LogP contribution is 2.38. The second kappa shape index (κ2) is 5.82. The van der Waals surface area contributed by atoms with Gasteiger partial charge in [0.25, 0.3) is 0 Å². The van der Waals surface area contributed by atoms with Crippen molar-refractivity contribution in [3.63, 3.8) is 0 Å². The number of hydrogen-bond acceptors (Lipinski definition) is 7. The number of phosphoric acid groups is 1. The molecule has 0 aliphatic carbocycles. The van der Waals surface area contributed by atoms with E-state index in [9.17, 15) is 9.67 Å². The van der Waals surface area contributed by atoms with E-state index in [1.54, 1.807) is 4.57 Å². The summed E-state index contributed by atoms with van der Waals surface area (Å²) >= 11 is 5.91. The highest BCUT2D eigenvalue weighted by atomic mass is 35.5. The lowest BCUT2D eigenvalue weighted by Gasteiger charge is -2.16. The fraction of sp³-hybridized carbons (Fsp3) is 0.500. The molecule has 0 radical (unpaired) electrons. The van der Waals surface area contributed by atoms with Crippen molar-refractivity contribution in [2.75, 3.05) is 6.61 Å². The van der Waals surface area contributed by atoms with Crippen LogP contribution < -0.4 is 0 Å². The van der Waals surface area contributed by atoms with Crippen molar-refractivity contribution in [1.82, 2.24) is 19.5 Å². The summed E-state index contributed by atoms with van der Waals surface area (Å²) in [5.41, 5.74) is 0.839. The van der Waals surface area contributed by atoms with Crippen molar-refractivity contribution < 1.29 is 28.7 Å². The van der Waals surface area contributed by atoms with Gasteiger partial charge in [-0.3, -0.25) is 9.09 Å². The van der Waals surface area contributed by atoms with Gasteiger partial charge in [0.05, 0.1) is 19.0 Å². The van der Waals surface area contributed by atoms with E-state index in [1.165, 1.54) is 12.7 Å². The van der Waals surface area contributed by atoms with E-state index in [0.29, 0.717) is 11.2 Å². The van der Waals surface area contributed by atoms with Crippen LogP contribution >= 0.6 is 19.4 Å². The fourth-order valence-electron chi connectivity index (χ4n) is 2.24. The normalized spacial score (nSPS) is 25.9. The summed E-state index contributed by atoms with van der Waals surface area (Å²) in [7, 11) is -4.62. The maximum atomic E-state index is 10.7. The third-order valence-electron chi connectivity index (χ3n) is 3.24. The number of rotatable bonds is 4. The number of fused-ring (bicyclic) bond motifs is 1. The zero-order valence-corrected chi connectivity index (χ0v) is 12.6. The molecule has 10 nitrogen and oxygen atoms in total. The summed E-state index contributed by atoms with van der Waals surface area (Å²) < 4.78 is 22.2. The first-order valence-electron chi connectivity index (χ1n) is 6.22. The Labute approximate surface area is 128 Å². The standard InChI is InChI=1S/C10H12ClN4O6P/c11-9-8-10(13-3-12-9)15(4-14-8)7-1-5(16)6(21-7)2-20-22(17,18)19/h3-7,16H,1-2H2,(H2,17,18,19)/t5-,6+,7+/m0/s1. The fourth-order valence-corrected chi connectivity index (χ4v) is 2.76. The Kier molecular flexibility index (Phi) is 4.17. The van der Waals surface area contributed by atoms with Gasteiger partial charge in [0.1, 0.15) is 24.2 Å². The number of hydrogen-bond donors (Lipinski definition) is 3. The predicted octanol–water partition coefficient (Wildman–Crippen LogP) is 0.237. The zero-order valence-electron chi connectivity index (χ0n) is 11.0. The Morgan fingerprint density at radius 1 is 1.45 bits per heavy atom. The van der Waals surface area contributed by atoms with E-state index >= 15 is 0 Å². The van der Waals surface area contributed by atoms with Crippen molar-refractivity contribution in [2.24, 2.45) is 0 Å².